The zero-order chi connectivity index (χ0) is 18.8. The molecule has 0 fully saturated rings. The number of aromatic nitrogens is 3. The first-order valence-corrected chi connectivity index (χ1v) is 9.62. The number of thioether (sulfide) groups is 1. The molecule has 26 heavy (non-hydrogen) atoms. The van der Waals surface area contributed by atoms with E-state index >= 15 is 0 Å². The maximum absolute atomic E-state index is 12.8. The number of halogens is 1. The molecule has 0 saturated heterocycles. The van der Waals surface area contributed by atoms with Crippen LogP contribution in [0.5, 0.6) is 5.75 Å². The minimum atomic E-state index is -0.394. The van der Waals surface area contributed by atoms with E-state index in [-0.39, 0.29) is 11.9 Å². The third kappa shape index (κ3) is 3.76. The van der Waals surface area contributed by atoms with Crippen LogP contribution in [0.1, 0.15) is 31.3 Å². The number of carbonyl (C=O) groups excluding carboxylic acids is 1. The highest BCUT2D eigenvalue weighted by molar-refractivity contribution is 8.00. The summed E-state index contributed by atoms with van der Waals surface area (Å²) in [5.41, 5.74) is 4.25. The molecule has 0 spiro atoms. The predicted molar refractivity (Wildman–Crippen MR) is 102 cm³/mol. The van der Waals surface area contributed by atoms with Crippen LogP contribution in [-0.4, -0.2) is 39.7 Å². The van der Waals surface area contributed by atoms with Gasteiger partial charge in [0.05, 0.1) is 18.2 Å². The van der Waals surface area contributed by atoms with Gasteiger partial charge in [-0.1, -0.05) is 43.3 Å². The van der Waals surface area contributed by atoms with Gasteiger partial charge in [-0.25, -0.2) is 4.68 Å². The Morgan fingerprint density at radius 2 is 2.23 bits per heavy atom. The summed E-state index contributed by atoms with van der Waals surface area (Å²) in [5.74, 6) is 1.67. The molecule has 1 aliphatic heterocycles. The van der Waals surface area contributed by atoms with Crippen molar-refractivity contribution in [2.45, 2.75) is 37.2 Å². The second-order valence-corrected chi connectivity index (χ2v) is 8.06. The lowest BCUT2D eigenvalue weighted by molar-refractivity contribution is -0.121. The Morgan fingerprint density at radius 1 is 1.46 bits per heavy atom. The fourth-order valence-electron chi connectivity index (χ4n) is 2.69. The molecule has 7 nitrogen and oxygen atoms in total. The van der Waals surface area contributed by atoms with Gasteiger partial charge in [-0.3, -0.25) is 4.79 Å². The lowest BCUT2D eigenvalue weighted by Crippen LogP contribution is -2.45. The van der Waals surface area contributed by atoms with Crippen LogP contribution in [0.4, 0.5) is 0 Å². The molecule has 1 amide bonds. The second-order valence-electron chi connectivity index (χ2n) is 6.54. The number of methoxy groups -OCH3 is 1. The van der Waals surface area contributed by atoms with Crippen molar-refractivity contribution >= 4 is 29.3 Å². The van der Waals surface area contributed by atoms with Gasteiger partial charge in [-0.2, -0.15) is 0 Å². The van der Waals surface area contributed by atoms with Crippen LogP contribution >= 0.6 is 23.4 Å². The predicted octanol–water partition coefficient (Wildman–Crippen LogP) is 2.78. The number of benzene rings is 1. The van der Waals surface area contributed by atoms with E-state index < -0.39 is 5.25 Å². The largest absolute Gasteiger partial charge is 0.495 e. The van der Waals surface area contributed by atoms with Gasteiger partial charge in [0.1, 0.15) is 16.8 Å². The van der Waals surface area contributed by atoms with E-state index in [9.17, 15) is 4.79 Å². The Kier molecular flexibility index (Phi) is 5.62. The van der Waals surface area contributed by atoms with Gasteiger partial charge < -0.3 is 15.5 Å². The molecule has 1 aromatic carbocycles. The van der Waals surface area contributed by atoms with Crippen molar-refractivity contribution in [1.29, 1.82) is 0 Å². The van der Waals surface area contributed by atoms with E-state index in [1.807, 2.05) is 25.1 Å². The molecule has 0 aliphatic carbocycles. The van der Waals surface area contributed by atoms with Crippen LogP contribution in [-0.2, 0) is 4.79 Å². The molecular formula is C17H22ClN5O2S. The molecule has 1 aromatic heterocycles. The quantitative estimate of drug-likeness (QED) is 0.810. The van der Waals surface area contributed by atoms with E-state index in [1.54, 1.807) is 11.8 Å². The summed E-state index contributed by atoms with van der Waals surface area (Å²) in [6, 6.07) is 5.27. The minimum absolute atomic E-state index is 0.0416. The molecular weight excluding hydrogens is 374 g/mol. The first kappa shape index (κ1) is 18.8. The summed E-state index contributed by atoms with van der Waals surface area (Å²) in [4.78, 5) is 12.8. The fraction of sp³-hybridized carbons (Fsp3) is 0.471. The smallest absolute Gasteiger partial charge is 0.236 e. The molecule has 2 atom stereocenters. The highest BCUT2D eigenvalue weighted by atomic mass is 35.5. The summed E-state index contributed by atoms with van der Waals surface area (Å²) in [5, 5.41) is 12.0. The Morgan fingerprint density at radius 3 is 2.88 bits per heavy atom. The Balaban J connectivity index is 1.94. The van der Waals surface area contributed by atoms with Crippen molar-refractivity contribution in [1.82, 2.24) is 20.2 Å². The minimum Gasteiger partial charge on any atom is -0.495 e. The highest BCUT2D eigenvalue weighted by Gasteiger charge is 2.37. The van der Waals surface area contributed by atoms with Gasteiger partial charge in [0.25, 0.3) is 0 Å². The van der Waals surface area contributed by atoms with E-state index in [0.717, 1.165) is 11.4 Å². The number of nitrogens with one attached hydrogen (secondary N) is 2. The summed E-state index contributed by atoms with van der Waals surface area (Å²) >= 11 is 7.69. The summed E-state index contributed by atoms with van der Waals surface area (Å²) in [7, 11) is 1.57. The summed E-state index contributed by atoms with van der Waals surface area (Å²) in [6.07, 6.45) is 0. The van der Waals surface area contributed by atoms with E-state index in [4.69, 9.17) is 16.3 Å². The fourth-order valence-corrected chi connectivity index (χ4v) is 4.11. The third-order valence-electron chi connectivity index (χ3n) is 4.08. The molecule has 2 heterocycles. The van der Waals surface area contributed by atoms with E-state index in [1.165, 1.54) is 11.8 Å². The number of nitrogens with zero attached hydrogens (tertiary/aromatic N) is 3. The lowest BCUT2D eigenvalue weighted by Gasteiger charge is -2.33. The number of carbonyl (C=O) groups is 1. The van der Waals surface area contributed by atoms with Crippen molar-refractivity contribution in [2.24, 2.45) is 5.92 Å². The first-order chi connectivity index (χ1) is 12.4. The SMILES string of the molecule is COc1ccc([C@@H]2Nn3c(C)nnc3S[C@H]2C(=O)NCC(C)C)cc1Cl. The van der Waals surface area contributed by atoms with Gasteiger partial charge in [0.2, 0.25) is 11.1 Å². The van der Waals surface area contributed by atoms with Crippen LogP contribution in [0.3, 0.4) is 0 Å². The molecule has 9 heteroatoms. The van der Waals surface area contributed by atoms with E-state index in [2.05, 4.69) is 34.8 Å². The van der Waals surface area contributed by atoms with Gasteiger partial charge in [0, 0.05) is 6.54 Å². The average molecular weight is 396 g/mol. The van der Waals surface area contributed by atoms with Gasteiger partial charge in [-0.15, -0.1) is 10.2 Å². The molecule has 0 saturated carbocycles. The van der Waals surface area contributed by atoms with Gasteiger partial charge in [-0.05, 0) is 30.5 Å². The van der Waals surface area contributed by atoms with Crippen LogP contribution in [0.25, 0.3) is 0 Å². The highest BCUT2D eigenvalue weighted by Crippen LogP contribution is 2.38. The van der Waals surface area contributed by atoms with Crippen LogP contribution in [0.2, 0.25) is 5.02 Å². The number of ether oxygens (including phenoxy) is 1. The Labute approximate surface area is 161 Å². The molecule has 0 bridgehead atoms. The standard InChI is InChI=1S/C17H22ClN5O2S/c1-9(2)8-19-16(24)15-14(11-5-6-13(25-4)12(18)7-11)22-23-10(3)20-21-17(23)26-15/h5-7,9,14-15,22H,8H2,1-4H3,(H,19,24)/t14-,15+/m0/s1. The number of amides is 1. The molecule has 140 valence electrons. The maximum Gasteiger partial charge on any atom is 0.236 e. The second kappa shape index (κ2) is 7.75. The number of hydrogen-bond donors (Lipinski definition) is 2. The Bertz CT molecular complexity index is 810. The zero-order valence-electron chi connectivity index (χ0n) is 15.1. The monoisotopic (exact) mass is 395 g/mol. The molecule has 3 rings (SSSR count). The molecule has 2 aromatic rings. The number of aryl methyl sites for hydroxylation is 1. The van der Waals surface area contributed by atoms with Crippen LogP contribution in [0, 0.1) is 12.8 Å². The van der Waals surface area contributed by atoms with Gasteiger partial charge in [0.15, 0.2) is 0 Å². The van der Waals surface area contributed by atoms with Crippen LogP contribution in [0.15, 0.2) is 23.4 Å². The zero-order valence-corrected chi connectivity index (χ0v) is 16.7. The molecule has 1 aliphatic rings. The number of hydrogen-bond acceptors (Lipinski definition) is 6. The number of rotatable bonds is 5. The summed E-state index contributed by atoms with van der Waals surface area (Å²) in [6.45, 7) is 6.61. The summed E-state index contributed by atoms with van der Waals surface area (Å²) < 4.78 is 7.03. The lowest BCUT2D eigenvalue weighted by atomic mass is 10.0. The normalized spacial score (nSPS) is 19.0. The molecule has 2 N–H and O–H groups in total. The average Bonchev–Trinajstić information content (AvgIpc) is 2.98. The van der Waals surface area contributed by atoms with Crippen molar-refractivity contribution in [3.63, 3.8) is 0 Å². The van der Waals surface area contributed by atoms with Crippen molar-refractivity contribution in [2.75, 3.05) is 19.1 Å². The topological polar surface area (TPSA) is 81.1 Å². The number of fused-ring (bicyclic) bond motifs is 1. The van der Waals surface area contributed by atoms with E-state index in [0.29, 0.717) is 28.4 Å². The van der Waals surface area contributed by atoms with Crippen molar-refractivity contribution in [3.8, 4) is 5.75 Å². The Hall–Kier alpha value is -1.93. The maximum atomic E-state index is 12.8. The van der Waals surface area contributed by atoms with Crippen molar-refractivity contribution in [3.05, 3.63) is 34.6 Å². The third-order valence-corrected chi connectivity index (χ3v) is 5.59. The molecule has 0 radical (unpaired) electrons. The van der Waals surface area contributed by atoms with Crippen molar-refractivity contribution < 1.29 is 9.53 Å². The van der Waals surface area contributed by atoms with Gasteiger partial charge >= 0.3 is 0 Å². The molecule has 0 unspecified atom stereocenters. The first-order valence-electron chi connectivity index (χ1n) is 8.37. The van der Waals surface area contributed by atoms with Crippen LogP contribution < -0.4 is 15.5 Å².